The third-order valence-corrected chi connectivity index (χ3v) is 8.44. The van der Waals surface area contributed by atoms with E-state index in [4.69, 9.17) is 4.74 Å². The van der Waals surface area contributed by atoms with Gasteiger partial charge in [0.2, 0.25) is 17.7 Å². The van der Waals surface area contributed by atoms with Gasteiger partial charge in [-0.15, -0.1) is 11.8 Å². The number of anilines is 2. The number of ether oxygens (including phenoxy) is 1. The van der Waals surface area contributed by atoms with E-state index in [1.54, 1.807) is 72.8 Å². The predicted molar refractivity (Wildman–Crippen MR) is 178 cm³/mol. The highest BCUT2D eigenvalue weighted by atomic mass is 79.9. The highest BCUT2D eigenvalue weighted by Gasteiger charge is 2.40. The maximum Gasteiger partial charge on any atom is 0.306 e. The fourth-order valence-corrected chi connectivity index (χ4v) is 5.81. The number of thioether (sulfide) groups is 1. The van der Waals surface area contributed by atoms with Gasteiger partial charge >= 0.3 is 5.97 Å². The number of hydrogen-bond donors (Lipinski definition) is 1. The van der Waals surface area contributed by atoms with Crippen LogP contribution in [0, 0.1) is 0 Å². The fourth-order valence-electron chi connectivity index (χ4n) is 4.43. The van der Waals surface area contributed by atoms with Crippen LogP contribution in [0.5, 0.6) is 0 Å². The molecular formula is C34H27BrN4O6S. The van der Waals surface area contributed by atoms with Gasteiger partial charge in [-0.3, -0.25) is 24.0 Å². The number of nitrogens with zero attached hydrogens (tertiary/aromatic N) is 3. The van der Waals surface area contributed by atoms with Crippen molar-refractivity contribution in [3.05, 3.63) is 113 Å². The SMILES string of the molecule is O=C(CCC(=O)OCC(=O)c1ccc(Br)cc1)Nc1cccc(SC2CC(=O)N(c3ccc(N=Nc4ccccc4)cc3)C2=O)c1. The van der Waals surface area contributed by atoms with E-state index in [0.717, 1.165) is 4.47 Å². The standard InChI is InChI=1S/C34H27BrN4O6S/c35-23-11-9-22(10-12-23)29(40)21-45-33(43)18-17-31(41)36-26-7-4-8-28(19-26)46-30-20-32(42)39(34(30)44)27-15-13-25(14-16-27)38-37-24-5-2-1-3-6-24/h1-16,19,30H,17-18,20-21H2,(H,36,41). The summed E-state index contributed by atoms with van der Waals surface area (Å²) in [5, 5.41) is 10.5. The molecule has 1 aliphatic rings. The fraction of sp³-hybridized carbons (Fsp3) is 0.147. The minimum Gasteiger partial charge on any atom is -0.457 e. The Morgan fingerprint density at radius 3 is 2.26 bits per heavy atom. The zero-order valence-electron chi connectivity index (χ0n) is 24.3. The van der Waals surface area contributed by atoms with Crippen LogP contribution >= 0.6 is 27.7 Å². The monoisotopic (exact) mass is 698 g/mol. The first-order valence-corrected chi connectivity index (χ1v) is 15.9. The van der Waals surface area contributed by atoms with Gasteiger partial charge in [0, 0.05) is 33.5 Å². The van der Waals surface area contributed by atoms with Gasteiger partial charge in [0.25, 0.3) is 0 Å². The molecule has 4 aromatic carbocycles. The minimum atomic E-state index is -0.662. The molecular weight excluding hydrogens is 672 g/mol. The number of carbonyl (C=O) groups excluding carboxylic acids is 5. The topological polar surface area (TPSA) is 135 Å². The van der Waals surface area contributed by atoms with Crippen molar-refractivity contribution >= 4 is 79.9 Å². The summed E-state index contributed by atoms with van der Waals surface area (Å²) in [6.45, 7) is -0.409. The Balaban J connectivity index is 1.10. The number of imide groups is 1. The second-order valence-corrected chi connectivity index (χ2v) is 12.3. The van der Waals surface area contributed by atoms with E-state index < -0.39 is 23.7 Å². The Labute approximate surface area is 277 Å². The lowest BCUT2D eigenvalue weighted by molar-refractivity contribution is -0.143. The van der Waals surface area contributed by atoms with Crippen LogP contribution in [-0.4, -0.2) is 41.3 Å². The highest BCUT2D eigenvalue weighted by molar-refractivity contribution is 9.10. The van der Waals surface area contributed by atoms with Gasteiger partial charge < -0.3 is 10.1 Å². The second kappa shape index (κ2) is 15.4. The third kappa shape index (κ3) is 8.83. The van der Waals surface area contributed by atoms with Crippen LogP contribution in [0.2, 0.25) is 0 Å². The summed E-state index contributed by atoms with van der Waals surface area (Å²) >= 11 is 4.53. The number of amides is 3. The first-order chi connectivity index (χ1) is 22.2. The lowest BCUT2D eigenvalue weighted by Crippen LogP contribution is -2.31. The van der Waals surface area contributed by atoms with Crippen LogP contribution in [0.3, 0.4) is 0 Å². The third-order valence-electron chi connectivity index (χ3n) is 6.73. The lowest BCUT2D eigenvalue weighted by atomic mass is 10.1. The molecule has 1 atom stereocenters. The van der Waals surface area contributed by atoms with Crippen LogP contribution in [0.25, 0.3) is 0 Å². The molecule has 1 N–H and O–H groups in total. The van der Waals surface area contributed by atoms with Gasteiger partial charge in [0.05, 0.1) is 28.7 Å². The molecule has 4 aromatic rings. The molecule has 0 spiro atoms. The van der Waals surface area contributed by atoms with Crippen molar-refractivity contribution < 1.29 is 28.7 Å². The number of carbonyl (C=O) groups is 5. The average molecular weight is 700 g/mol. The minimum absolute atomic E-state index is 0.0297. The van der Waals surface area contributed by atoms with Gasteiger partial charge in [-0.05, 0) is 66.7 Å². The Hall–Kier alpha value is -4.94. The highest BCUT2D eigenvalue weighted by Crippen LogP contribution is 2.35. The zero-order chi connectivity index (χ0) is 32.5. The second-order valence-electron chi connectivity index (χ2n) is 10.1. The van der Waals surface area contributed by atoms with E-state index in [1.807, 2.05) is 30.3 Å². The Kier molecular flexibility index (Phi) is 10.8. The molecule has 1 aliphatic heterocycles. The normalized spacial score (nSPS) is 14.5. The first-order valence-electron chi connectivity index (χ1n) is 14.2. The summed E-state index contributed by atoms with van der Waals surface area (Å²) in [6, 6.07) is 29.6. The molecule has 0 aromatic heterocycles. The first kappa shape index (κ1) is 32.5. The van der Waals surface area contributed by atoms with Crippen molar-refractivity contribution in [2.45, 2.75) is 29.4 Å². The number of Topliss-reactive ketones (excluding diaryl/α,β-unsaturated/α-hetero) is 1. The smallest absolute Gasteiger partial charge is 0.306 e. The molecule has 3 amide bonds. The Morgan fingerprint density at radius 2 is 1.54 bits per heavy atom. The van der Waals surface area contributed by atoms with Gasteiger partial charge in [-0.2, -0.15) is 10.2 Å². The summed E-state index contributed by atoms with van der Waals surface area (Å²) in [4.78, 5) is 64.7. The zero-order valence-corrected chi connectivity index (χ0v) is 26.7. The molecule has 10 nitrogen and oxygen atoms in total. The predicted octanol–water partition coefficient (Wildman–Crippen LogP) is 7.43. The molecule has 1 unspecified atom stereocenters. The number of esters is 1. The number of azo groups is 1. The molecule has 0 bridgehead atoms. The van der Waals surface area contributed by atoms with Crippen LogP contribution in [0.15, 0.2) is 123 Å². The Bertz CT molecular complexity index is 1780. The molecule has 46 heavy (non-hydrogen) atoms. The molecule has 1 saturated heterocycles. The molecule has 1 heterocycles. The lowest BCUT2D eigenvalue weighted by Gasteiger charge is -2.15. The van der Waals surface area contributed by atoms with E-state index in [0.29, 0.717) is 33.2 Å². The van der Waals surface area contributed by atoms with Crippen molar-refractivity contribution in [2.24, 2.45) is 10.2 Å². The van der Waals surface area contributed by atoms with Crippen LogP contribution in [-0.2, 0) is 23.9 Å². The summed E-state index contributed by atoms with van der Waals surface area (Å²) in [7, 11) is 0. The number of rotatable bonds is 12. The van der Waals surface area contributed by atoms with Crippen molar-refractivity contribution in [3.63, 3.8) is 0 Å². The average Bonchev–Trinajstić information content (AvgIpc) is 3.34. The summed E-state index contributed by atoms with van der Waals surface area (Å²) < 4.78 is 5.84. The van der Waals surface area contributed by atoms with Gasteiger partial charge in [0.15, 0.2) is 12.4 Å². The van der Waals surface area contributed by atoms with Crippen molar-refractivity contribution in [1.29, 1.82) is 0 Å². The van der Waals surface area contributed by atoms with Gasteiger partial charge in [0.1, 0.15) is 0 Å². The summed E-state index contributed by atoms with van der Waals surface area (Å²) in [5.41, 5.74) is 2.64. The van der Waals surface area contributed by atoms with E-state index in [9.17, 15) is 24.0 Å². The quantitative estimate of drug-likeness (QED) is 0.0703. The van der Waals surface area contributed by atoms with Gasteiger partial charge in [-0.25, -0.2) is 4.90 Å². The molecule has 0 aliphatic carbocycles. The Morgan fingerprint density at radius 1 is 0.848 bits per heavy atom. The molecule has 0 radical (unpaired) electrons. The van der Waals surface area contributed by atoms with Crippen LogP contribution in [0.1, 0.15) is 29.6 Å². The number of halogens is 1. The van der Waals surface area contributed by atoms with Crippen LogP contribution in [0.4, 0.5) is 22.7 Å². The van der Waals surface area contributed by atoms with Crippen molar-refractivity contribution in [1.82, 2.24) is 0 Å². The molecule has 5 rings (SSSR count). The number of hydrogen-bond acceptors (Lipinski definition) is 9. The molecule has 12 heteroatoms. The molecule has 1 fully saturated rings. The number of nitrogens with one attached hydrogen (secondary N) is 1. The van der Waals surface area contributed by atoms with Crippen molar-refractivity contribution in [2.75, 3.05) is 16.8 Å². The van der Waals surface area contributed by atoms with Gasteiger partial charge in [-0.1, -0.05) is 52.3 Å². The number of benzene rings is 4. The molecule has 232 valence electrons. The summed E-state index contributed by atoms with van der Waals surface area (Å²) in [6.07, 6.45) is -0.305. The maximum absolute atomic E-state index is 13.2. The summed E-state index contributed by atoms with van der Waals surface area (Å²) in [5.74, 6) is -2.06. The number of ketones is 1. The van der Waals surface area contributed by atoms with E-state index >= 15 is 0 Å². The molecule has 0 saturated carbocycles. The van der Waals surface area contributed by atoms with Crippen molar-refractivity contribution in [3.8, 4) is 0 Å². The van der Waals surface area contributed by atoms with E-state index in [-0.39, 0.29) is 36.9 Å². The van der Waals surface area contributed by atoms with E-state index in [1.165, 1.54) is 16.7 Å². The maximum atomic E-state index is 13.2. The van der Waals surface area contributed by atoms with Crippen LogP contribution < -0.4 is 10.2 Å². The largest absolute Gasteiger partial charge is 0.457 e. The van der Waals surface area contributed by atoms with E-state index in [2.05, 4.69) is 31.5 Å².